The lowest BCUT2D eigenvalue weighted by Gasteiger charge is -2.23. The third-order valence-electron chi connectivity index (χ3n) is 5.94. The fourth-order valence-electron chi connectivity index (χ4n) is 4.22. The van der Waals surface area contributed by atoms with E-state index in [2.05, 4.69) is 5.32 Å². The Balaban J connectivity index is 1.49. The number of rotatable bonds is 1. The monoisotopic (exact) mass is 390 g/mol. The average molecular weight is 391 g/mol. The van der Waals surface area contributed by atoms with E-state index in [4.69, 9.17) is 4.74 Å². The Hall–Kier alpha value is -1.62. The number of nitrogens with zero attached hydrogens (tertiary/aromatic N) is 1. The Kier molecular flexibility index (Phi) is 8.59. The van der Waals surface area contributed by atoms with Crippen LogP contribution in [0.5, 0.6) is 0 Å². The van der Waals surface area contributed by atoms with Crippen LogP contribution in [0.25, 0.3) is 0 Å². The van der Waals surface area contributed by atoms with Gasteiger partial charge in [-0.25, -0.2) is 9.18 Å². The summed E-state index contributed by atoms with van der Waals surface area (Å²) in [6, 6.07) is 5.04. The SMILES string of the molecule is O=C(OC1CCCCCCCCCCCCCN1)N1Cc2cccc(F)c2C1. The van der Waals surface area contributed by atoms with Crippen LogP contribution in [-0.4, -0.2) is 23.8 Å². The number of fused-ring (bicyclic) bond motifs is 1. The van der Waals surface area contributed by atoms with Gasteiger partial charge in [-0.3, -0.25) is 10.2 Å². The summed E-state index contributed by atoms with van der Waals surface area (Å²) in [5.41, 5.74) is 1.50. The van der Waals surface area contributed by atoms with E-state index < -0.39 is 0 Å². The summed E-state index contributed by atoms with van der Waals surface area (Å²) in [5.74, 6) is -0.236. The first-order chi connectivity index (χ1) is 13.7. The molecule has 1 aromatic rings. The van der Waals surface area contributed by atoms with Gasteiger partial charge in [-0.05, 0) is 37.4 Å². The molecule has 0 saturated carbocycles. The third-order valence-corrected chi connectivity index (χ3v) is 5.94. The lowest BCUT2D eigenvalue weighted by molar-refractivity contribution is 0.0407. The Morgan fingerprint density at radius 3 is 2.25 bits per heavy atom. The highest BCUT2D eigenvalue weighted by atomic mass is 19.1. The van der Waals surface area contributed by atoms with Gasteiger partial charge in [0, 0.05) is 12.1 Å². The lowest BCUT2D eigenvalue weighted by atomic mass is 10.1. The first-order valence-corrected chi connectivity index (χ1v) is 11.2. The first-order valence-electron chi connectivity index (χ1n) is 11.2. The van der Waals surface area contributed by atoms with E-state index in [-0.39, 0.29) is 18.1 Å². The van der Waals surface area contributed by atoms with Gasteiger partial charge in [0.25, 0.3) is 0 Å². The molecule has 0 aliphatic carbocycles. The molecule has 1 saturated heterocycles. The molecule has 4 nitrogen and oxygen atoms in total. The van der Waals surface area contributed by atoms with Crippen LogP contribution in [0.2, 0.25) is 0 Å². The molecule has 28 heavy (non-hydrogen) atoms. The molecule has 3 rings (SSSR count). The number of carbonyl (C=O) groups is 1. The van der Waals surface area contributed by atoms with Crippen molar-refractivity contribution in [1.82, 2.24) is 10.2 Å². The highest BCUT2D eigenvalue weighted by Crippen LogP contribution is 2.26. The van der Waals surface area contributed by atoms with E-state index >= 15 is 0 Å². The second-order valence-electron chi connectivity index (χ2n) is 8.24. The van der Waals surface area contributed by atoms with E-state index in [1.54, 1.807) is 11.0 Å². The minimum absolute atomic E-state index is 0.236. The number of carbonyl (C=O) groups excluding carboxylic acids is 1. The molecule has 5 heteroatoms. The zero-order valence-electron chi connectivity index (χ0n) is 17.1. The van der Waals surface area contributed by atoms with Gasteiger partial charge in [0.15, 0.2) is 6.23 Å². The number of amides is 1. The van der Waals surface area contributed by atoms with Crippen LogP contribution in [0.1, 0.15) is 88.2 Å². The Bertz CT molecular complexity index is 607. The maximum absolute atomic E-state index is 13.9. The smallest absolute Gasteiger partial charge is 0.411 e. The van der Waals surface area contributed by atoms with Crippen molar-refractivity contribution in [3.63, 3.8) is 0 Å². The van der Waals surface area contributed by atoms with Gasteiger partial charge in [0.1, 0.15) is 5.82 Å². The number of ether oxygens (including phenoxy) is 1. The Morgan fingerprint density at radius 1 is 0.929 bits per heavy atom. The second kappa shape index (κ2) is 11.4. The van der Waals surface area contributed by atoms with Gasteiger partial charge in [0.05, 0.1) is 6.54 Å². The standard InChI is InChI=1S/C23H35FN2O2/c24-21-14-12-13-19-17-26(18-20(19)21)23(27)28-22-15-10-8-6-4-2-1-3-5-7-9-11-16-25-22/h12-14,22,25H,1-11,15-18H2. The van der Waals surface area contributed by atoms with Crippen LogP contribution in [0.15, 0.2) is 18.2 Å². The van der Waals surface area contributed by atoms with Crippen LogP contribution in [0.3, 0.4) is 0 Å². The summed E-state index contributed by atoms with van der Waals surface area (Å²) in [6.07, 6.45) is 14.2. The highest BCUT2D eigenvalue weighted by molar-refractivity contribution is 5.69. The van der Waals surface area contributed by atoms with Gasteiger partial charge in [-0.1, -0.05) is 69.9 Å². The number of hydrogen-bond acceptors (Lipinski definition) is 3. The zero-order valence-corrected chi connectivity index (χ0v) is 17.1. The maximum atomic E-state index is 13.9. The molecule has 0 aromatic heterocycles. The first kappa shape index (κ1) is 21.1. The van der Waals surface area contributed by atoms with Crippen molar-refractivity contribution in [3.8, 4) is 0 Å². The molecule has 2 heterocycles. The van der Waals surface area contributed by atoms with E-state index in [9.17, 15) is 9.18 Å². The zero-order chi connectivity index (χ0) is 19.6. The molecule has 1 amide bonds. The summed E-state index contributed by atoms with van der Waals surface area (Å²) in [4.78, 5) is 14.3. The molecule has 0 spiro atoms. The number of benzene rings is 1. The number of halogens is 1. The topological polar surface area (TPSA) is 41.6 Å². The molecule has 1 unspecified atom stereocenters. The average Bonchev–Trinajstić information content (AvgIpc) is 3.12. The molecule has 1 N–H and O–H groups in total. The number of hydrogen-bond donors (Lipinski definition) is 1. The molecular weight excluding hydrogens is 355 g/mol. The molecule has 1 atom stereocenters. The van der Waals surface area contributed by atoms with Crippen molar-refractivity contribution in [2.24, 2.45) is 0 Å². The van der Waals surface area contributed by atoms with Crippen molar-refractivity contribution in [2.45, 2.75) is 96.4 Å². The quantitative estimate of drug-likeness (QED) is 0.650. The normalized spacial score (nSPS) is 22.8. The molecule has 2 aliphatic rings. The van der Waals surface area contributed by atoms with Crippen molar-refractivity contribution in [1.29, 1.82) is 0 Å². The molecule has 0 radical (unpaired) electrons. The van der Waals surface area contributed by atoms with Gasteiger partial charge < -0.3 is 4.74 Å². The van der Waals surface area contributed by atoms with E-state index in [1.807, 2.05) is 6.07 Å². The van der Waals surface area contributed by atoms with Crippen LogP contribution in [0, 0.1) is 5.82 Å². The van der Waals surface area contributed by atoms with Crippen molar-refractivity contribution in [3.05, 3.63) is 35.1 Å². The molecule has 1 aromatic carbocycles. The van der Waals surface area contributed by atoms with Gasteiger partial charge in [0.2, 0.25) is 0 Å². The predicted octanol–water partition coefficient (Wildman–Crippen LogP) is 5.89. The Morgan fingerprint density at radius 2 is 1.57 bits per heavy atom. The molecular formula is C23H35FN2O2. The predicted molar refractivity (Wildman–Crippen MR) is 109 cm³/mol. The highest BCUT2D eigenvalue weighted by Gasteiger charge is 2.28. The van der Waals surface area contributed by atoms with Crippen LogP contribution < -0.4 is 5.32 Å². The van der Waals surface area contributed by atoms with Gasteiger partial charge in [-0.15, -0.1) is 0 Å². The fourth-order valence-corrected chi connectivity index (χ4v) is 4.22. The number of nitrogens with one attached hydrogen (secondary N) is 1. The largest absolute Gasteiger partial charge is 0.430 e. The summed E-state index contributed by atoms with van der Waals surface area (Å²) in [7, 11) is 0. The summed E-state index contributed by atoms with van der Waals surface area (Å²) < 4.78 is 19.7. The van der Waals surface area contributed by atoms with Crippen molar-refractivity contribution >= 4 is 6.09 Å². The van der Waals surface area contributed by atoms with Crippen LogP contribution in [0.4, 0.5) is 9.18 Å². The van der Waals surface area contributed by atoms with E-state index in [0.717, 1.165) is 31.4 Å². The second-order valence-corrected chi connectivity index (χ2v) is 8.24. The fraction of sp³-hybridized carbons (Fsp3) is 0.696. The van der Waals surface area contributed by atoms with Gasteiger partial charge >= 0.3 is 6.09 Å². The molecule has 1 fully saturated rings. The molecule has 2 aliphatic heterocycles. The minimum Gasteiger partial charge on any atom is -0.430 e. The van der Waals surface area contributed by atoms with Crippen molar-refractivity contribution in [2.75, 3.05) is 6.54 Å². The minimum atomic E-state index is -0.342. The van der Waals surface area contributed by atoms with E-state index in [0.29, 0.717) is 18.7 Å². The van der Waals surface area contributed by atoms with Crippen LogP contribution >= 0.6 is 0 Å². The summed E-state index contributed by atoms with van der Waals surface area (Å²) >= 11 is 0. The lowest BCUT2D eigenvalue weighted by Crippen LogP contribution is -2.38. The van der Waals surface area contributed by atoms with Gasteiger partial charge in [-0.2, -0.15) is 0 Å². The van der Waals surface area contributed by atoms with Crippen molar-refractivity contribution < 1.29 is 13.9 Å². The molecule has 0 bridgehead atoms. The Labute approximate surface area is 168 Å². The summed E-state index contributed by atoms with van der Waals surface area (Å²) in [5, 5.41) is 3.43. The summed E-state index contributed by atoms with van der Waals surface area (Å²) in [6.45, 7) is 1.61. The third kappa shape index (κ3) is 6.47. The van der Waals surface area contributed by atoms with E-state index in [1.165, 1.54) is 63.9 Å². The van der Waals surface area contributed by atoms with Crippen LogP contribution in [-0.2, 0) is 17.8 Å². The maximum Gasteiger partial charge on any atom is 0.411 e. The molecule has 156 valence electrons.